The van der Waals surface area contributed by atoms with Crippen molar-refractivity contribution in [1.29, 1.82) is 0 Å². The standard InChI is InChI=1S/C17H22ClN3/c1-3-6-16-14-7-4-5-10-19-17(14)21(20-16)13-9-8-12(2)15(18)11-13/h8-9,11,19H,3-7,10H2,1-2H3. The molecule has 1 N–H and O–H groups in total. The molecule has 0 unspecified atom stereocenters. The van der Waals surface area contributed by atoms with Crippen LogP contribution in [0.4, 0.5) is 5.82 Å². The Balaban J connectivity index is 2.10. The lowest BCUT2D eigenvalue weighted by molar-refractivity contribution is 0.753. The van der Waals surface area contributed by atoms with Gasteiger partial charge in [-0.05, 0) is 50.3 Å². The molecule has 0 saturated heterocycles. The summed E-state index contributed by atoms with van der Waals surface area (Å²) in [7, 11) is 0. The molecule has 0 radical (unpaired) electrons. The molecule has 2 heterocycles. The van der Waals surface area contributed by atoms with E-state index in [2.05, 4.69) is 24.4 Å². The van der Waals surface area contributed by atoms with Gasteiger partial charge in [-0.2, -0.15) is 5.10 Å². The van der Waals surface area contributed by atoms with Crippen LogP contribution in [0.2, 0.25) is 5.02 Å². The summed E-state index contributed by atoms with van der Waals surface area (Å²) in [5.74, 6) is 1.16. The predicted molar refractivity (Wildman–Crippen MR) is 88.7 cm³/mol. The number of rotatable bonds is 3. The highest BCUT2D eigenvalue weighted by molar-refractivity contribution is 6.31. The monoisotopic (exact) mass is 303 g/mol. The number of aromatic nitrogens is 2. The van der Waals surface area contributed by atoms with Gasteiger partial charge in [0, 0.05) is 17.1 Å². The number of hydrogen-bond donors (Lipinski definition) is 1. The average Bonchev–Trinajstić information content (AvgIpc) is 2.66. The molecule has 0 fully saturated rings. The second kappa shape index (κ2) is 6.10. The molecule has 2 aromatic rings. The van der Waals surface area contributed by atoms with Crippen molar-refractivity contribution in [1.82, 2.24) is 9.78 Å². The second-order valence-corrected chi connectivity index (χ2v) is 6.16. The van der Waals surface area contributed by atoms with E-state index >= 15 is 0 Å². The van der Waals surface area contributed by atoms with Crippen LogP contribution in [0.3, 0.4) is 0 Å². The van der Waals surface area contributed by atoms with Crippen LogP contribution < -0.4 is 5.32 Å². The first-order chi connectivity index (χ1) is 10.2. The zero-order valence-corrected chi connectivity index (χ0v) is 13.5. The van der Waals surface area contributed by atoms with Crippen LogP contribution in [0, 0.1) is 6.92 Å². The molecule has 1 aliphatic rings. The quantitative estimate of drug-likeness (QED) is 0.902. The number of fused-ring (bicyclic) bond motifs is 1. The van der Waals surface area contributed by atoms with Gasteiger partial charge in [0.1, 0.15) is 5.82 Å². The Hall–Kier alpha value is -1.48. The molecule has 0 atom stereocenters. The molecule has 1 aromatic heterocycles. The minimum Gasteiger partial charge on any atom is -0.370 e. The van der Waals surface area contributed by atoms with Crippen molar-refractivity contribution < 1.29 is 0 Å². The Kier molecular flexibility index (Phi) is 4.20. The SMILES string of the molecule is CCCc1nn(-c2ccc(C)c(Cl)c2)c2c1CCCCN2. The Morgan fingerprint density at radius 2 is 2.19 bits per heavy atom. The predicted octanol–water partition coefficient (Wildman–Crippen LogP) is 4.53. The Bertz CT molecular complexity index is 646. The molecule has 3 nitrogen and oxygen atoms in total. The van der Waals surface area contributed by atoms with E-state index < -0.39 is 0 Å². The van der Waals surface area contributed by atoms with E-state index in [-0.39, 0.29) is 0 Å². The van der Waals surface area contributed by atoms with Crippen LogP contribution in [-0.2, 0) is 12.8 Å². The summed E-state index contributed by atoms with van der Waals surface area (Å²) in [6.45, 7) is 5.25. The fourth-order valence-electron chi connectivity index (χ4n) is 2.91. The van der Waals surface area contributed by atoms with Crippen molar-refractivity contribution in [3.05, 3.63) is 40.0 Å². The van der Waals surface area contributed by atoms with Crippen molar-refractivity contribution in [2.45, 2.75) is 46.0 Å². The third-order valence-electron chi connectivity index (χ3n) is 4.10. The van der Waals surface area contributed by atoms with Crippen molar-refractivity contribution in [2.24, 2.45) is 0 Å². The van der Waals surface area contributed by atoms with Crippen molar-refractivity contribution in [3.63, 3.8) is 0 Å². The lowest BCUT2D eigenvalue weighted by atomic mass is 10.1. The highest BCUT2D eigenvalue weighted by Crippen LogP contribution is 2.30. The number of aryl methyl sites for hydroxylation is 2. The maximum atomic E-state index is 6.29. The fourth-order valence-corrected chi connectivity index (χ4v) is 3.09. The van der Waals surface area contributed by atoms with Crippen molar-refractivity contribution in [3.8, 4) is 5.69 Å². The van der Waals surface area contributed by atoms with Crippen LogP contribution in [-0.4, -0.2) is 16.3 Å². The summed E-state index contributed by atoms with van der Waals surface area (Å²) in [6, 6.07) is 6.16. The van der Waals surface area contributed by atoms with Gasteiger partial charge in [-0.1, -0.05) is 31.0 Å². The molecular weight excluding hydrogens is 282 g/mol. The maximum Gasteiger partial charge on any atom is 0.133 e. The zero-order chi connectivity index (χ0) is 14.8. The molecule has 0 aliphatic carbocycles. The van der Waals surface area contributed by atoms with Gasteiger partial charge in [0.25, 0.3) is 0 Å². The Labute approximate surface area is 131 Å². The summed E-state index contributed by atoms with van der Waals surface area (Å²) in [6.07, 6.45) is 5.73. The lowest BCUT2D eigenvalue weighted by Gasteiger charge is -2.10. The number of hydrogen-bond acceptors (Lipinski definition) is 2. The number of nitrogens with one attached hydrogen (secondary N) is 1. The molecule has 0 spiro atoms. The van der Waals surface area contributed by atoms with Gasteiger partial charge in [-0.25, -0.2) is 4.68 Å². The first-order valence-corrected chi connectivity index (χ1v) is 8.19. The van der Waals surface area contributed by atoms with Gasteiger partial charge in [0.05, 0.1) is 11.4 Å². The molecule has 4 heteroatoms. The van der Waals surface area contributed by atoms with Crippen LogP contribution >= 0.6 is 11.6 Å². The van der Waals surface area contributed by atoms with E-state index in [0.29, 0.717) is 0 Å². The normalized spacial score (nSPS) is 14.4. The highest BCUT2D eigenvalue weighted by atomic mass is 35.5. The summed E-state index contributed by atoms with van der Waals surface area (Å²) < 4.78 is 2.04. The fraction of sp³-hybridized carbons (Fsp3) is 0.471. The molecule has 0 amide bonds. The van der Waals surface area contributed by atoms with Crippen molar-refractivity contribution in [2.75, 3.05) is 11.9 Å². The number of halogens is 1. The first-order valence-electron chi connectivity index (χ1n) is 7.82. The van der Waals surface area contributed by atoms with Gasteiger partial charge in [-0.15, -0.1) is 0 Å². The topological polar surface area (TPSA) is 29.9 Å². The molecule has 0 bridgehead atoms. The molecule has 3 rings (SSSR count). The van der Waals surface area contributed by atoms with Crippen LogP contribution in [0.5, 0.6) is 0 Å². The molecule has 0 saturated carbocycles. The molecule has 1 aliphatic heterocycles. The summed E-state index contributed by atoms with van der Waals surface area (Å²) in [4.78, 5) is 0. The molecule has 1 aromatic carbocycles. The minimum absolute atomic E-state index is 0.794. The average molecular weight is 304 g/mol. The molecule has 112 valence electrons. The van der Waals surface area contributed by atoms with E-state index in [9.17, 15) is 0 Å². The lowest BCUT2D eigenvalue weighted by Crippen LogP contribution is -2.07. The third kappa shape index (κ3) is 2.80. The summed E-state index contributed by atoms with van der Waals surface area (Å²) in [5.41, 5.74) is 4.77. The number of anilines is 1. The van der Waals surface area contributed by atoms with Gasteiger partial charge < -0.3 is 5.32 Å². The molecule has 21 heavy (non-hydrogen) atoms. The van der Waals surface area contributed by atoms with Gasteiger partial charge in [0.2, 0.25) is 0 Å². The third-order valence-corrected chi connectivity index (χ3v) is 4.51. The van der Waals surface area contributed by atoms with E-state index in [4.69, 9.17) is 16.7 Å². The van der Waals surface area contributed by atoms with Crippen LogP contribution in [0.25, 0.3) is 5.69 Å². The smallest absolute Gasteiger partial charge is 0.133 e. The largest absolute Gasteiger partial charge is 0.370 e. The highest BCUT2D eigenvalue weighted by Gasteiger charge is 2.20. The molecular formula is C17H22ClN3. The van der Waals surface area contributed by atoms with Gasteiger partial charge >= 0.3 is 0 Å². The van der Waals surface area contributed by atoms with E-state index in [0.717, 1.165) is 47.9 Å². The van der Waals surface area contributed by atoms with Gasteiger partial charge in [0.15, 0.2) is 0 Å². The Morgan fingerprint density at radius 1 is 1.33 bits per heavy atom. The van der Waals surface area contributed by atoms with Crippen molar-refractivity contribution >= 4 is 17.4 Å². The Morgan fingerprint density at radius 3 is 2.95 bits per heavy atom. The van der Waals surface area contributed by atoms with Crippen LogP contribution in [0.1, 0.15) is 43.0 Å². The van der Waals surface area contributed by atoms with E-state index in [1.54, 1.807) is 0 Å². The number of benzene rings is 1. The van der Waals surface area contributed by atoms with Gasteiger partial charge in [-0.3, -0.25) is 0 Å². The van der Waals surface area contributed by atoms with E-state index in [1.807, 2.05) is 17.7 Å². The number of nitrogens with zero attached hydrogens (tertiary/aromatic N) is 2. The zero-order valence-electron chi connectivity index (χ0n) is 12.7. The summed E-state index contributed by atoms with van der Waals surface area (Å²) >= 11 is 6.29. The summed E-state index contributed by atoms with van der Waals surface area (Å²) in [5, 5.41) is 9.22. The van der Waals surface area contributed by atoms with Crippen LogP contribution in [0.15, 0.2) is 18.2 Å². The second-order valence-electron chi connectivity index (χ2n) is 5.75. The van der Waals surface area contributed by atoms with E-state index in [1.165, 1.54) is 24.1 Å². The first kappa shape index (κ1) is 14.5. The minimum atomic E-state index is 0.794. The maximum absolute atomic E-state index is 6.29.